The van der Waals surface area contributed by atoms with Crippen molar-refractivity contribution >= 4 is 22.5 Å². The summed E-state index contributed by atoms with van der Waals surface area (Å²) in [5.74, 6) is -0.289. The molecule has 0 atom stereocenters. The molecule has 31 heavy (non-hydrogen) atoms. The van der Waals surface area contributed by atoms with Crippen LogP contribution >= 0.6 is 0 Å². The summed E-state index contributed by atoms with van der Waals surface area (Å²) in [4.78, 5) is 16.4. The minimum absolute atomic E-state index is 0.00734. The molecule has 0 unspecified atom stereocenters. The number of carbonyl (C=O) groups excluding carboxylic acids is 1. The number of aromatic nitrogens is 1. The van der Waals surface area contributed by atoms with E-state index in [1.807, 2.05) is 38.1 Å². The highest BCUT2D eigenvalue weighted by Crippen LogP contribution is 2.52. The topological polar surface area (TPSA) is 83.6 Å². The average molecular weight is 428 g/mol. The highest BCUT2D eigenvalue weighted by atomic mass is 19.3. The Hall–Kier alpha value is -3.13. The molecule has 2 aliphatic rings. The zero-order valence-electron chi connectivity index (χ0n) is 17.1. The number of halogens is 2. The summed E-state index contributed by atoms with van der Waals surface area (Å²) >= 11 is 0. The number of fused-ring (bicyclic) bond motifs is 2. The molecule has 2 aromatic carbocycles. The van der Waals surface area contributed by atoms with Crippen LogP contribution in [0.5, 0.6) is 11.5 Å². The normalized spacial score (nSPS) is 18.2. The maximum Gasteiger partial charge on any atom is 0.586 e. The molecule has 2 heterocycles. The molecule has 0 spiro atoms. The predicted molar refractivity (Wildman–Crippen MR) is 111 cm³/mol. The first-order valence-electron chi connectivity index (χ1n) is 10.1. The molecule has 1 aromatic heterocycles. The van der Waals surface area contributed by atoms with Gasteiger partial charge in [0.15, 0.2) is 11.5 Å². The second-order valence-electron chi connectivity index (χ2n) is 8.89. The molecule has 8 heteroatoms. The maximum absolute atomic E-state index is 13.3. The summed E-state index contributed by atoms with van der Waals surface area (Å²) in [5.41, 5.74) is 1.91. The van der Waals surface area contributed by atoms with Gasteiger partial charge in [-0.3, -0.25) is 4.79 Å². The minimum Gasteiger partial charge on any atom is -0.395 e. The molecule has 3 N–H and O–H groups in total. The van der Waals surface area contributed by atoms with Crippen molar-refractivity contribution in [2.24, 2.45) is 0 Å². The van der Waals surface area contributed by atoms with E-state index in [4.69, 9.17) is 0 Å². The Labute approximate surface area is 177 Å². The lowest BCUT2D eigenvalue weighted by atomic mass is 9.91. The molecule has 1 aliphatic heterocycles. The van der Waals surface area contributed by atoms with Crippen molar-refractivity contribution in [2.45, 2.75) is 43.8 Å². The van der Waals surface area contributed by atoms with E-state index in [0.29, 0.717) is 24.1 Å². The van der Waals surface area contributed by atoms with E-state index in [-0.39, 0.29) is 24.0 Å². The SMILES string of the molecule is CC(C)(CO)c1cc2cc(NC(=O)C3(c4ccc5c(c4)OC(F)(F)O5)CC3)ccc2[nH]1. The molecular formula is C23H22F2N2O4. The Morgan fingerprint density at radius 3 is 2.58 bits per heavy atom. The summed E-state index contributed by atoms with van der Waals surface area (Å²) in [6, 6.07) is 12.0. The second kappa shape index (κ2) is 6.43. The first kappa shape index (κ1) is 19.8. The number of hydrogen-bond donors (Lipinski definition) is 3. The molecule has 1 saturated carbocycles. The number of benzene rings is 2. The Kier molecular flexibility index (Phi) is 4.11. The van der Waals surface area contributed by atoms with Gasteiger partial charge in [0.1, 0.15) is 0 Å². The molecular weight excluding hydrogens is 406 g/mol. The van der Waals surface area contributed by atoms with Gasteiger partial charge < -0.3 is 24.9 Å². The zero-order valence-corrected chi connectivity index (χ0v) is 17.1. The maximum atomic E-state index is 13.3. The Bertz CT molecular complexity index is 1200. The third kappa shape index (κ3) is 3.31. The molecule has 0 saturated heterocycles. The van der Waals surface area contributed by atoms with Gasteiger partial charge in [0.05, 0.1) is 12.0 Å². The minimum atomic E-state index is -3.69. The van der Waals surface area contributed by atoms with Crippen molar-refractivity contribution in [1.82, 2.24) is 4.98 Å². The Morgan fingerprint density at radius 2 is 1.87 bits per heavy atom. The molecule has 1 fully saturated rings. The number of alkyl halides is 2. The lowest BCUT2D eigenvalue weighted by molar-refractivity contribution is -0.286. The number of nitrogens with one attached hydrogen (secondary N) is 2. The highest BCUT2D eigenvalue weighted by Gasteiger charge is 2.52. The second-order valence-corrected chi connectivity index (χ2v) is 8.89. The van der Waals surface area contributed by atoms with Crippen molar-refractivity contribution in [3.8, 4) is 11.5 Å². The van der Waals surface area contributed by atoms with Crippen LogP contribution in [0.15, 0.2) is 42.5 Å². The molecule has 6 nitrogen and oxygen atoms in total. The number of hydrogen-bond acceptors (Lipinski definition) is 4. The van der Waals surface area contributed by atoms with Gasteiger partial charge in [0, 0.05) is 27.7 Å². The third-order valence-corrected chi connectivity index (χ3v) is 6.14. The van der Waals surface area contributed by atoms with E-state index in [0.717, 1.165) is 16.6 Å². The Morgan fingerprint density at radius 1 is 1.13 bits per heavy atom. The van der Waals surface area contributed by atoms with Crippen LogP contribution in [0.1, 0.15) is 37.9 Å². The van der Waals surface area contributed by atoms with Crippen LogP contribution in [-0.4, -0.2) is 28.9 Å². The van der Waals surface area contributed by atoms with Crippen molar-refractivity contribution < 1.29 is 28.2 Å². The molecule has 0 bridgehead atoms. The quantitative estimate of drug-likeness (QED) is 0.562. The number of rotatable bonds is 5. The van der Waals surface area contributed by atoms with E-state index in [1.54, 1.807) is 6.07 Å². The van der Waals surface area contributed by atoms with Crippen molar-refractivity contribution in [2.75, 3.05) is 11.9 Å². The van der Waals surface area contributed by atoms with E-state index in [9.17, 15) is 18.7 Å². The fraction of sp³-hybridized carbons (Fsp3) is 0.348. The third-order valence-electron chi connectivity index (χ3n) is 6.14. The zero-order chi connectivity index (χ0) is 22.0. The van der Waals surface area contributed by atoms with Gasteiger partial charge in [-0.15, -0.1) is 8.78 Å². The van der Waals surface area contributed by atoms with Crippen LogP contribution in [0.4, 0.5) is 14.5 Å². The largest absolute Gasteiger partial charge is 0.586 e. The summed E-state index contributed by atoms with van der Waals surface area (Å²) in [6.07, 6.45) is -2.44. The van der Waals surface area contributed by atoms with Gasteiger partial charge in [0.2, 0.25) is 5.91 Å². The van der Waals surface area contributed by atoms with Crippen LogP contribution in [0.25, 0.3) is 10.9 Å². The van der Waals surface area contributed by atoms with Gasteiger partial charge in [-0.1, -0.05) is 19.9 Å². The van der Waals surface area contributed by atoms with Gasteiger partial charge in [-0.05, 0) is 54.8 Å². The van der Waals surface area contributed by atoms with Crippen molar-refractivity contribution in [1.29, 1.82) is 0 Å². The number of H-pyrrole nitrogens is 1. The smallest absolute Gasteiger partial charge is 0.395 e. The van der Waals surface area contributed by atoms with E-state index >= 15 is 0 Å². The molecule has 162 valence electrons. The van der Waals surface area contributed by atoms with E-state index < -0.39 is 17.1 Å². The lowest BCUT2D eigenvalue weighted by Gasteiger charge is -2.19. The molecule has 0 radical (unpaired) electrons. The molecule has 1 aliphatic carbocycles. The monoisotopic (exact) mass is 428 g/mol. The summed E-state index contributed by atoms with van der Waals surface area (Å²) in [6.45, 7) is 3.89. The van der Waals surface area contributed by atoms with Crippen LogP contribution in [0, 0.1) is 0 Å². The van der Waals surface area contributed by atoms with Crippen molar-refractivity contribution in [3.63, 3.8) is 0 Å². The van der Waals surface area contributed by atoms with Gasteiger partial charge in [0.25, 0.3) is 0 Å². The number of amides is 1. The van der Waals surface area contributed by atoms with Crippen LogP contribution in [0.2, 0.25) is 0 Å². The van der Waals surface area contributed by atoms with Gasteiger partial charge in [-0.25, -0.2) is 0 Å². The van der Waals surface area contributed by atoms with Crippen LogP contribution in [-0.2, 0) is 15.6 Å². The average Bonchev–Trinajstić information content (AvgIpc) is 3.31. The fourth-order valence-corrected chi connectivity index (χ4v) is 3.93. The van der Waals surface area contributed by atoms with Gasteiger partial charge >= 0.3 is 6.29 Å². The van der Waals surface area contributed by atoms with Gasteiger partial charge in [-0.2, -0.15) is 0 Å². The van der Waals surface area contributed by atoms with E-state index in [1.165, 1.54) is 12.1 Å². The fourth-order valence-electron chi connectivity index (χ4n) is 3.93. The number of aromatic amines is 1. The van der Waals surface area contributed by atoms with E-state index in [2.05, 4.69) is 19.8 Å². The lowest BCUT2D eigenvalue weighted by Crippen LogP contribution is -2.27. The first-order valence-corrected chi connectivity index (χ1v) is 10.1. The van der Waals surface area contributed by atoms with Crippen molar-refractivity contribution in [3.05, 3.63) is 53.7 Å². The van der Waals surface area contributed by atoms with Crippen LogP contribution in [0.3, 0.4) is 0 Å². The summed E-state index contributed by atoms with van der Waals surface area (Å²) in [5, 5.41) is 13.5. The molecule has 1 amide bonds. The highest BCUT2D eigenvalue weighted by molar-refractivity contribution is 6.02. The summed E-state index contributed by atoms with van der Waals surface area (Å²) in [7, 11) is 0. The number of ether oxygens (including phenoxy) is 2. The standard InChI is InChI=1S/C23H22F2N2O4/c1-21(2,12-28)19-10-13-9-15(4-5-16(13)27-19)26-20(29)22(7-8-22)14-3-6-17-18(11-14)31-23(24,25)30-17/h3-6,9-11,27-28H,7-8,12H2,1-2H3,(H,26,29). The molecule has 5 rings (SSSR count). The Balaban J connectivity index is 1.38. The number of anilines is 1. The van der Waals surface area contributed by atoms with Crippen LogP contribution < -0.4 is 14.8 Å². The summed E-state index contributed by atoms with van der Waals surface area (Å²) < 4.78 is 35.6. The number of aliphatic hydroxyl groups excluding tert-OH is 1. The first-order chi connectivity index (χ1) is 14.6. The number of aliphatic hydroxyl groups is 1. The molecule has 3 aromatic rings. The number of carbonyl (C=O) groups is 1. The predicted octanol–water partition coefficient (Wildman–Crippen LogP) is 4.43.